The van der Waals surface area contributed by atoms with E-state index < -0.39 is 0 Å². The standard InChI is InChI=1S/C29H61NO2/c1-2-3-4-5-6-7-8-9-10-11-12-13-14-15-16-17-18-19-20-21-22-23-24-25-29(28-32)30-26-27-31/h29-32H,2-28H2,1H3. The molecule has 0 aliphatic rings. The lowest BCUT2D eigenvalue weighted by Crippen LogP contribution is -2.34. The first-order valence-electron chi connectivity index (χ1n) is 14.8. The fourth-order valence-electron chi connectivity index (χ4n) is 4.70. The molecule has 0 aromatic carbocycles. The second-order valence-corrected chi connectivity index (χ2v) is 10.1. The molecule has 3 N–H and O–H groups in total. The number of rotatable bonds is 28. The van der Waals surface area contributed by atoms with Crippen LogP contribution in [0, 0.1) is 0 Å². The third-order valence-corrected chi connectivity index (χ3v) is 6.92. The van der Waals surface area contributed by atoms with Gasteiger partial charge in [-0.2, -0.15) is 0 Å². The molecule has 194 valence electrons. The Hall–Kier alpha value is -0.120. The molecule has 0 radical (unpaired) electrons. The molecule has 0 rings (SSSR count). The quantitative estimate of drug-likeness (QED) is 0.104. The lowest BCUT2D eigenvalue weighted by atomic mass is 10.0. The van der Waals surface area contributed by atoms with E-state index in [1.54, 1.807) is 0 Å². The highest BCUT2D eigenvalue weighted by Crippen LogP contribution is 2.15. The number of unbranched alkanes of at least 4 members (excludes halogenated alkanes) is 22. The van der Waals surface area contributed by atoms with E-state index in [0.29, 0.717) is 6.54 Å². The van der Waals surface area contributed by atoms with Crippen molar-refractivity contribution in [3.8, 4) is 0 Å². The molecule has 0 bridgehead atoms. The van der Waals surface area contributed by atoms with Crippen LogP contribution in [0.5, 0.6) is 0 Å². The summed E-state index contributed by atoms with van der Waals surface area (Å²) in [5.74, 6) is 0. The highest BCUT2D eigenvalue weighted by molar-refractivity contribution is 4.65. The number of nitrogens with one attached hydrogen (secondary N) is 1. The molecule has 1 atom stereocenters. The molecule has 32 heavy (non-hydrogen) atoms. The summed E-state index contributed by atoms with van der Waals surface area (Å²) < 4.78 is 0. The molecule has 0 aromatic heterocycles. The largest absolute Gasteiger partial charge is 0.395 e. The second kappa shape index (κ2) is 28.9. The van der Waals surface area contributed by atoms with E-state index in [-0.39, 0.29) is 19.3 Å². The van der Waals surface area contributed by atoms with Crippen molar-refractivity contribution in [3.63, 3.8) is 0 Å². The molecule has 0 fully saturated rings. The summed E-state index contributed by atoms with van der Waals surface area (Å²) in [4.78, 5) is 0. The minimum Gasteiger partial charge on any atom is -0.395 e. The first kappa shape index (κ1) is 31.9. The summed E-state index contributed by atoms with van der Waals surface area (Å²) in [6.07, 6.45) is 33.7. The molecule has 0 aliphatic heterocycles. The van der Waals surface area contributed by atoms with Crippen LogP contribution in [0.15, 0.2) is 0 Å². The van der Waals surface area contributed by atoms with Crippen LogP contribution in [-0.2, 0) is 0 Å². The number of hydrogen-bond acceptors (Lipinski definition) is 3. The second-order valence-electron chi connectivity index (χ2n) is 10.1. The van der Waals surface area contributed by atoms with Gasteiger partial charge in [-0.3, -0.25) is 0 Å². The van der Waals surface area contributed by atoms with Crippen LogP contribution in [-0.4, -0.2) is 36.0 Å². The molecule has 0 amide bonds. The van der Waals surface area contributed by atoms with Crippen molar-refractivity contribution >= 4 is 0 Å². The molecule has 0 saturated heterocycles. The summed E-state index contributed by atoms with van der Waals surface area (Å²) in [6.45, 7) is 3.21. The van der Waals surface area contributed by atoms with E-state index in [9.17, 15) is 5.11 Å². The Kier molecular flexibility index (Phi) is 28.8. The highest BCUT2D eigenvalue weighted by atomic mass is 16.3. The third-order valence-electron chi connectivity index (χ3n) is 6.92. The summed E-state index contributed by atoms with van der Waals surface area (Å²) in [7, 11) is 0. The SMILES string of the molecule is CCCCCCCCCCCCCCCCCCCCCCCCCC(CO)NCCO. The van der Waals surface area contributed by atoms with Gasteiger partial charge in [0.1, 0.15) is 0 Å². The average molecular weight is 456 g/mol. The Morgan fingerprint density at radius 2 is 0.781 bits per heavy atom. The molecule has 3 heteroatoms. The Morgan fingerprint density at radius 3 is 1.06 bits per heavy atom. The van der Waals surface area contributed by atoms with E-state index in [4.69, 9.17) is 5.11 Å². The van der Waals surface area contributed by atoms with E-state index in [1.807, 2.05) is 0 Å². The van der Waals surface area contributed by atoms with E-state index in [1.165, 1.54) is 148 Å². The zero-order chi connectivity index (χ0) is 23.4. The maximum absolute atomic E-state index is 9.29. The smallest absolute Gasteiger partial charge is 0.0584 e. The van der Waals surface area contributed by atoms with Gasteiger partial charge in [-0.05, 0) is 6.42 Å². The first-order valence-corrected chi connectivity index (χ1v) is 14.8. The normalized spacial score (nSPS) is 12.5. The maximum Gasteiger partial charge on any atom is 0.0584 e. The fraction of sp³-hybridized carbons (Fsp3) is 1.00. The fourth-order valence-corrected chi connectivity index (χ4v) is 4.70. The van der Waals surface area contributed by atoms with Gasteiger partial charge in [0.15, 0.2) is 0 Å². The summed E-state index contributed by atoms with van der Waals surface area (Å²) in [6, 6.07) is 0.164. The third kappa shape index (κ3) is 26.1. The first-order chi connectivity index (χ1) is 15.8. The Labute approximate surface area is 202 Å². The van der Waals surface area contributed by atoms with Crippen molar-refractivity contribution in [3.05, 3.63) is 0 Å². The van der Waals surface area contributed by atoms with Crippen molar-refractivity contribution in [2.24, 2.45) is 0 Å². The van der Waals surface area contributed by atoms with Crippen LogP contribution in [0.25, 0.3) is 0 Å². The highest BCUT2D eigenvalue weighted by Gasteiger charge is 2.05. The number of hydrogen-bond donors (Lipinski definition) is 3. The molecule has 0 aromatic rings. The predicted molar refractivity (Wildman–Crippen MR) is 142 cm³/mol. The van der Waals surface area contributed by atoms with Gasteiger partial charge in [0, 0.05) is 12.6 Å². The summed E-state index contributed by atoms with van der Waals surface area (Å²) in [5.41, 5.74) is 0. The minimum absolute atomic E-state index is 0.149. The molecule has 0 heterocycles. The molecular weight excluding hydrogens is 394 g/mol. The Bertz CT molecular complexity index is 324. The Balaban J connectivity index is 3.09. The molecule has 0 aliphatic carbocycles. The zero-order valence-electron chi connectivity index (χ0n) is 22.1. The molecule has 1 unspecified atom stereocenters. The van der Waals surface area contributed by atoms with Gasteiger partial charge in [0.05, 0.1) is 13.2 Å². The van der Waals surface area contributed by atoms with Crippen LogP contribution in [0.4, 0.5) is 0 Å². The topological polar surface area (TPSA) is 52.5 Å². The lowest BCUT2D eigenvalue weighted by Gasteiger charge is -2.15. The number of aliphatic hydroxyl groups is 2. The van der Waals surface area contributed by atoms with Crippen LogP contribution >= 0.6 is 0 Å². The molecule has 0 spiro atoms. The van der Waals surface area contributed by atoms with E-state index in [0.717, 1.165) is 6.42 Å². The average Bonchev–Trinajstić information content (AvgIpc) is 2.81. The van der Waals surface area contributed by atoms with Gasteiger partial charge in [0.2, 0.25) is 0 Å². The summed E-state index contributed by atoms with van der Waals surface area (Å²) >= 11 is 0. The van der Waals surface area contributed by atoms with Gasteiger partial charge < -0.3 is 15.5 Å². The zero-order valence-corrected chi connectivity index (χ0v) is 22.1. The monoisotopic (exact) mass is 455 g/mol. The van der Waals surface area contributed by atoms with Crippen LogP contribution in [0.1, 0.15) is 161 Å². The van der Waals surface area contributed by atoms with E-state index in [2.05, 4.69) is 12.2 Å². The molecule has 3 nitrogen and oxygen atoms in total. The van der Waals surface area contributed by atoms with Crippen molar-refractivity contribution in [1.29, 1.82) is 0 Å². The molecular formula is C29H61NO2. The van der Waals surface area contributed by atoms with Gasteiger partial charge in [-0.25, -0.2) is 0 Å². The van der Waals surface area contributed by atoms with Crippen molar-refractivity contribution < 1.29 is 10.2 Å². The Morgan fingerprint density at radius 1 is 0.469 bits per heavy atom. The number of aliphatic hydroxyl groups excluding tert-OH is 2. The van der Waals surface area contributed by atoms with Crippen LogP contribution in [0.3, 0.4) is 0 Å². The van der Waals surface area contributed by atoms with Gasteiger partial charge in [0.25, 0.3) is 0 Å². The van der Waals surface area contributed by atoms with Crippen molar-refractivity contribution in [2.45, 2.75) is 167 Å². The van der Waals surface area contributed by atoms with Gasteiger partial charge in [-0.15, -0.1) is 0 Å². The lowest BCUT2D eigenvalue weighted by molar-refractivity contribution is 0.217. The van der Waals surface area contributed by atoms with Crippen LogP contribution in [0.2, 0.25) is 0 Å². The molecule has 0 saturated carbocycles. The van der Waals surface area contributed by atoms with Crippen molar-refractivity contribution in [2.75, 3.05) is 19.8 Å². The van der Waals surface area contributed by atoms with Crippen molar-refractivity contribution in [1.82, 2.24) is 5.32 Å². The van der Waals surface area contributed by atoms with Crippen LogP contribution < -0.4 is 5.32 Å². The van der Waals surface area contributed by atoms with Gasteiger partial charge in [-0.1, -0.05) is 155 Å². The van der Waals surface area contributed by atoms with Gasteiger partial charge >= 0.3 is 0 Å². The van der Waals surface area contributed by atoms with E-state index >= 15 is 0 Å². The predicted octanol–water partition coefficient (Wildman–Crippen LogP) is 8.31. The minimum atomic E-state index is 0.149. The maximum atomic E-state index is 9.29. The summed E-state index contributed by atoms with van der Waals surface area (Å²) in [5, 5.41) is 21.3.